The summed E-state index contributed by atoms with van der Waals surface area (Å²) >= 11 is 0. The van der Waals surface area contributed by atoms with E-state index >= 15 is 0 Å². The van der Waals surface area contributed by atoms with Crippen LogP contribution >= 0.6 is 0 Å². The van der Waals surface area contributed by atoms with Crippen molar-refractivity contribution in [1.82, 2.24) is 0 Å². The topological polar surface area (TPSA) is 87.2 Å². The van der Waals surface area contributed by atoms with Gasteiger partial charge in [-0.2, -0.15) is 0 Å². The molecule has 78 valence electrons. The average molecular weight is 216 g/mol. The zero-order valence-electron chi connectivity index (χ0n) is 7.93. The predicted molar refractivity (Wildman–Crippen MR) is 55.9 cm³/mol. The number of benzene rings is 1. The van der Waals surface area contributed by atoms with Crippen molar-refractivity contribution >= 4 is 14.9 Å². The van der Waals surface area contributed by atoms with Crippen molar-refractivity contribution in [2.24, 2.45) is 0 Å². The van der Waals surface area contributed by atoms with E-state index in [1.807, 2.05) is 0 Å². The standard InChI is InChI=1S/C8H12N2O3S/c1-14(2,9,13)8-6-4-3-5-7(8)10(11)12/h3-6H,1-2H3,(H2,9,13). The number of rotatable bonds is 2. The third-order valence-corrected chi connectivity index (χ3v) is 3.35. The van der Waals surface area contributed by atoms with Crippen LogP contribution in [0.5, 0.6) is 0 Å². The largest absolute Gasteiger partial charge is 0.339 e. The Labute approximate surface area is 81.6 Å². The van der Waals surface area contributed by atoms with E-state index in [0.717, 1.165) is 0 Å². The molecule has 0 bridgehead atoms. The first-order valence-corrected chi connectivity index (χ1v) is 6.64. The van der Waals surface area contributed by atoms with Gasteiger partial charge in [-0.25, -0.2) is 0 Å². The summed E-state index contributed by atoms with van der Waals surface area (Å²) < 4.78 is 17.6. The predicted octanol–water partition coefficient (Wildman–Crippen LogP) is 2.14. The van der Waals surface area contributed by atoms with Crippen molar-refractivity contribution in [3.63, 3.8) is 0 Å². The van der Waals surface area contributed by atoms with Gasteiger partial charge in [0.1, 0.15) is 0 Å². The van der Waals surface area contributed by atoms with Crippen LogP contribution in [0, 0.1) is 14.9 Å². The Morgan fingerprint density at radius 3 is 2.29 bits per heavy atom. The van der Waals surface area contributed by atoms with Crippen LogP contribution in [-0.2, 0) is 9.24 Å². The van der Waals surface area contributed by atoms with Crippen LogP contribution < -0.4 is 0 Å². The van der Waals surface area contributed by atoms with E-state index in [1.54, 1.807) is 6.07 Å². The summed E-state index contributed by atoms with van der Waals surface area (Å²) in [5.74, 6) is 0. The molecule has 6 heteroatoms. The molecule has 0 heterocycles. The molecule has 0 saturated carbocycles. The molecular formula is C8H12N2O3S. The maximum atomic E-state index is 10.6. The normalized spacial score (nSPS) is 14.4. The van der Waals surface area contributed by atoms with Crippen molar-refractivity contribution in [2.75, 3.05) is 12.5 Å². The molecule has 14 heavy (non-hydrogen) atoms. The quantitative estimate of drug-likeness (QED) is 0.586. The molecule has 1 aromatic rings. The van der Waals surface area contributed by atoms with Gasteiger partial charge >= 0.3 is 0 Å². The van der Waals surface area contributed by atoms with E-state index in [4.69, 9.17) is 4.78 Å². The SMILES string of the molecule is CS(C)(=N)(O)c1ccccc1[N+](=O)[O-]. The highest BCUT2D eigenvalue weighted by molar-refractivity contribution is 8.15. The Bertz CT molecular complexity index is 439. The monoisotopic (exact) mass is 216 g/mol. The van der Waals surface area contributed by atoms with Crippen LogP contribution in [0.15, 0.2) is 29.2 Å². The van der Waals surface area contributed by atoms with Gasteiger partial charge in [0, 0.05) is 6.07 Å². The number of para-hydroxylation sites is 1. The molecular weight excluding hydrogens is 204 g/mol. The molecule has 0 aliphatic heterocycles. The lowest BCUT2D eigenvalue weighted by Crippen LogP contribution is -2.27. The van der Waals surface area contributed by atoms with Gasteiger partial charge in [0.25, 0.3) is 5.69 Å². The van der Waals surface area contributed by atoms with Crippen molar-refractivity contribution in [2.45, 2.75) is 4.90 Å². The molecule has 0 aliphatic rings. The van der Waals surface area contributed by atoms with Crippen LogP contribution in [0.4, 0.5) is 5.69 Å². The van der Waals surface area contributed by atoms with Gasteiger partial charge in [-0.15, -0.1) is 0 Å². The first-order valence-electron chi connectivity index (χ1n) is 3.82. The number of nitrogens with zero attached hydrogens (tertiary/aromatic N) is 1. The second-order valence-corrected chi connectivity index (χ2v) is 7.79. The summed E-state index contributed by atoms with van der Waals surface area (Å²) in [6, 6.07) is 5.81. The lowest BCUT2D eigenvalue weighted by Gasteiger charge is -2.31. The second kappa shape index (κ2) is 2.86. The highest BCUT2D eigenvalue weighted by Gasteiger charge is 2.27. The van der Waals surface area contributed by atoms with Crippen LogP contribution in [-0.4, -0.2) is 22.0 Å². The minimum atomic E-state index is -3.55. The summed E-state index contributed by atoms with van der Waals surface area (Å²) in [6.45, 7) is 0. The second-order valence-electron chi connectivity index (χ2n) is 3.60. The fourth-order valence-electron chi connectivity index (χ4n) is 1.12. The Hall–Kier alpha value is -1.27. The van der Waals surface area contributed by atoms with E-state index in [9.17, 15) is 14.7 Å². The van der Waals surface area contributed by atoms with Crippen molar-refractivity contribution in [1.29, 1.82) is 4.78 Å². The zero-order chi connectivity index (χ0) is 11.0. The number of hydrogen-bond donors (Lipinski definition) is 2. The molecule has 0 fully saturated rings. The maximum absolute atomic E-state index is 10.6. The van der Waals surface area contributed by atoms with Crippen molar-refractivity contribution < 1.29 is 9.48 Å². The third-order valence-electron chi connectivity index (χ3n) is 1.71. The van der Waals surface area contributed by atoms with E-state index < -0.39 is 14.2 Å². The molecule has 0 spiro atoms. The molecule has 2 N–H and O–H groups in total. The van der Waals surface area contributed by atoms with E-state index in [0.29, 0.717) is 0 Å². The van der Waals surface area contributed by atoms with Gasteiger partial charge in [-0.3, -0.25) is 14.9 Å². The van der Waals surface area contributed by atoms with Gasteiger partial charge in [-0.1, -0.05) is 21.4 Å². The van der Waals surface area contributed by atoms with Gasteiger partial charge < -0.3 is 4.55 Å². The van der Waals surface area contributed by atoms with E-state index in [1.165, 1.54) is 30.7 Å². The highest BCUT2D eigenvalue weighted by Crippen LogP contribution is 2.34. The van der Waals surface area contributed by atoms with E-state index in [2.05, 4.69) is 0 Å². The van der Waals surface area contributed by atoms with Crippen molar-refractivity contribution in [3.05, 3.63) is 34.4 Å². The Morgan fingerprint density at radius 2 is 1.93 bits per heavy atom. The molecule has 0 aromatic heterocycles. The fraction of sp³-hybridized carbons (Fsp3) is 0.250. The Kier molecular flexibility index (Phi) is 2.21. The molecule has 0 saturated heterocycles. The molecule has 1 rings (SSSR count). The Balaban J connectivity index is 3.52. The van der Waals surface area contributed by atoms with Crippen LogP contribution in [0.25, 0.3) is 0 Å². The van der Waals surface area contributed by atoms with Gasteiger partial charge in [0.05, 0.1) is 9.82 Å². The van der Waals surface area contributed by atoms with Crippen LogP contribution in [0.2, 0.25) is 0 Å². The molecule has 0 unspecified atom stereocenters. The van der Waals surface area contributed by atoms with Crippen LogP contribution in [0.1, 0.15) is 0 Å². The molecule has 0 radical (unpaired) electrons. The van der Waals surface area contributed by atoms with Crippen molar-refractivity contribution in [3.8, 4) is 0 Å². The molecule has 0 atom stereocenters. The molecule has 0 aliphatic carbocycles. The number of nitro groups is 1. The summed E-state index contributed by atoms with van der Waals surface area (Å²) in [5.41, 5.74) is -0.197. The number of nitro benzene ring substituents is 1. The molecule has 1 aromatic carbocycles. The first kappa shape index (κ1) is 10.8. The lowest BCUT2D eigenvalue weighted by molar-refractivity contribution is -0.387. The Morgan fingerprint density at radius 1 is 1.43 bits per heavy atom. The van der Waals surface area contributed by atoms with Gasteiger partial charge in [0.2, 0.25) is 0 Å². The van der Waals surface area contributed by atoms with Gasteiger partial charge in [0.15, 0.2) is 0 Å². The average Bonchev–Trinajstić information content (AvgIpc) is 2.01. The minimum absolute atomic E-state index is 0.0921. The number of nitrogens with one attached hydrogen (secondary N) is 1. The summed E-state index contributed by atoms with van der Waals surface area (Å²) in [4.78, 5) is 10.2. The molecule has 5 nitrogen and oxygen atoms in total. The maximum Gasteiger partial charge on any atom is 0.284 e. The van der Waals surface area contributed by atoms with Crippen LogP contribution in [0.3, 0.4) is 0 Å². The zero-order valence-corrected chi connectivity index (χ0v) is 8.75. The molecule has 0 amide bonds. The minimum Gasteiger partial charge on any atom is -0.339 e. The first-order chi connectivity index (χ1) is 6.18. The van der Waals surface area contributed by atoms with E-state index in [-0.39, 0.29) is 10.6 Å². The number of hydrogen-bond acceptors (Lipinski definition) is 3. The summed E-state index contributed by atoms with van der Waals surface area (Å²) in [6.07, 6.45) is 2.64. The third kappa shape index (κ3) is 2.15. The summed E-state index contributed by atoms with van der Waals surface area (Å²) in [7, 11) is -3.55. The highest BCUT2D eigenvalue weighted by atomic mass is 32.3. The smallest absolute Gasteiger partial charge is 0.284 e. The van der Waals surface area contributed by atoms with Gasteiger partial charge in [-0.05, 0) is 18.6 Å². The fourth-order valence-corrected chi connectivity index (χ4v) is 2.36. The lowest BCUT2D eigenvalue weighted by atomic mass is 10.3. The summed E-state index contributed by atoms with van der Waals surface area (Å²) in [5, 5.41) is 10.6.